The van der Waals surface area contributed by atoms with Crippen molar-refractivity contribution in [3.05, 3.63) is 23.8 Å². The van der Waals surface area contributed by atoms with E-state index in [1.807, 2.05) is 4.90 Å². The number of ether oxygens (including phenoxy) is 1. The largest absolute Gasteiger partial charge is 0.497 e. The molecule has 1 aromatic carbocycles. The zero-order valence-electron chi connectivity index (χ0n) is 11.4. The van der Waals surface area contributed by atoms with Crippen molar-refractivity contribution in [3.8, 4) is 5.75 Å². The van der Waals surface area contributed by atoms with Crippen molar-refractivity contribution < 1.29 is 23.1 Å². The van der Waals surface area contributed by atoms with Gasteiger partial charge in [-0.15, -0.1) is 0 Å². The van der Waals surface area contributed by atoms with Crippen LogP contribution in [-0.4, -0.2) is 50.7 Å². The summed E-state index contributed by atoms with van der Waals surface area (Å²) in [6, 6.07) is 4.43. The first-order chi connectivity index (χ1) is 9.34. The molecule has 1 aliphatic heterocycles. The number of sulfone groups is 1. The summed E-state index contributed by atoms with van der Waals surface area (Å²) in [4.78, 5) is 13.1. The number of anilines is 1. The molecule has 0 saturated carbocycles. The van der Waals surface area contributed by atoms with Gasteiger partial charge in [0.1, 0.15) is 5.75 Å². The third-order valence-corrected chi connectivity index (χ3v) is 5.21. The maximum Gasteiger partial charge on any atom is 0.337 e. The Morgan fingerprint density at radius 1 is 1.45 bits per heavy atom. The molecule has 1 unspecified atom stereocenters. The molecule has 7 heteroatoms. The molecule has 110 valence electrons. The zero-order valence-corrected chi connectivity index (χ0v) is 12.2. The number of aromatic carboxylic acids is 1. The normalized spacial score (nSPS) is 21.5. The number of hydrogen-bond acceptors (Lipinski definition) is 5. The highest BCUT2D eigenvalue weighted by Crippen LogP contribution is 2.29. The lowest BCUT2D eigenvalue weighted by Gasteiger charge is -2.36. The fraction of sp³-hybridized carbons (Fsp3) is 0.462. The van der Waals surface area contributed by atoms with Gasteiger partial charge in [0.2, 0.25) is 0 Å². The van der Waals surface area contributed by atoms with Crippen molar-refractivity contribution in [1.29, 1.82) is 0 Å². The molecule has 20 heavy (non-hydrogen) atoms. The lowest BCUT2D eigenvalue weighted by atomic mass is 10.1. The van der Waals surface area contributed by atoms with E-state index in [1.54, 1.807) is 19.1 Å². The minimum atomic E-state index is -3.04. The maximum atomic E-state index is 11.6. The Hall–Kier alpha value is -1.76. The summed E-state index contributed by atoms with van der Waals surface area (Å²) < 4.78 is 28.3. The van der Waals surface area contributed by atoms with E-state index in [9.17, 15) is 18.3 Å². The van der Waals surface area contributed by atoms with Gasteiger partial charge in [-0.25, -0.2) is 13.2 Å². The summed E-state index contributed by atoms with van der Waals surface area (Å²) >= 11 is 0. The number of rotatable bonds is 3. The van der Waals surface area contributed by atoms with Gasteiger partial charge in [0.15, 0.2) is 9.84 Å². The van der Waals surface area contributed by atoms with Crippen LogP contribution >= 0.6 is 0 Å². The zero-order chi connectivity index (χ0) is 14.9. The highest BCUT2D eigenvalue weighted by molar-refractivity contribution is 7.91. The monoisotopic (exact) mass is 299 g/mol. The van der Waals surface area contributed by atoms with Crippen molar-refractivity contribution >= 4 is 21.5 Å². The van der Waals surface area contributed by atoms with E-state index in [0.717, 1.165) is 0 Å². The fourth-order valence-corrected chi connectivity index (χ4v) is 3.97. The standard InChI is InChI=1S/C13H17NO5S/c1-9-8-20(17,18)6-5-14(9)12-7-10(19-2)3-4-11(12)13(15)16/h3-4,7,9H,5-6,8H2,1-2H3,(H,15,16). The molecule has 0 aromatic heterocycles. The van der Waals surface area contributed by atoms with Gasteiger partial charge in [0, 0.05) is 18.7 Å². The minimum absolute atomic E-state index is 0.0310. The Kier molecular flexibility index (Phi) is 3.89. The van der Waals surface area contributed by atoms with Crippen LogP contribution in [0, 0.1) is 0 Å². The summed E-state index contributed by atoms with van der Waals surface area (Å²) in [5.74, 6) is -0.425. The molecule has 1 saturated heterocycles. The summed E-state index contributed by atoms with van der Waals surface area (Å²) in [6.07, 6.45) is 0. The predicted molar refractivity (Wildman–Crippen MR) is 75.4 cm³/mol. The first kappa shape index (κ1) is 14.6. The molecule has 1 atom stereocenters. The van der Waals surface area contributed by atoms with Crippen LogP contribution in [0.25, 0.3) is 0 Å². The number of carboxylic acid groups (broad SMARTS) is 1. The molecule has 0 spiro atoms. The maximum absolute atomic E-state index is 11.6. The van der Waals surface area contributed by atoms with Gasteiger partial charge in [-0.2, -0.15) is 0 Å². The van der Waals surface area contributed by atoms with Crippen LogP contribution in [0.2, 0.25) is 0 Å². The van der Waals surface area contributed by atoms with E-state index in [-0.39, 0.29) is 29.7 Å². The quantitative estimate of drug-likeness (QED) is 0.897. The summed E-state index contributed by atoms with van der Waals surface area (Å²) in [6.45, 7) is 2.07. The van der Waals surface area contributed by atoms with Crippen LogP contribution in [0.1, 0.15) is 17.3 Å². The van der Waals surface area contributed by atoms with Crippen molar-refractivity contribution in [2.24, 2.45) is 0 Å². The van der Waals surface area contributed by atoms with Crippen LogP contribution in [0.3, 0.4) is 0 Å². The van der Waals surface area contributed by atoms with E-state index in [4.69, 9.17) is 4.74 Å². The average Bonchev–Trinajstić information content (AvgIpc) is 2.36. The van der Waals surface area contributed by atoms with Crippen molar-refractivity contribution in [2.45, 2.75) is 13.0 Å². The van der Waals surface area contributed by atoms with E-state index >= 15 is 0 Å². The van der Waals surface area contributed by atoms with Gasteiger partial charge in [0.05, 0.1) is 29.9 Å². The fourth-order valence-electron chi connectivity index (χ4n) is 2.41. The molecule has 0 amide bonds. The summed E-state index contributed by atoms with van der Waals surface area (Å²) in [5, 5.41) is 9.26. The molecule has 6 nitrogen and oxygen atoms in total. The number of benzene rings is 1. The number of nitrogens with zero attached hydrogens (tertiary/aromatic N) is 1. The van der Waals surface area contributed by atoms with Crippen LogP contribution in [-0.2, 0) is 9.84 Å². The molecule has 1 aromatic rings. The van der Waals surface area contributed by atoms with Crippen molar-refractivity contribution in [2.75, 3.05) is 30.1 Å². The highest BCUT2D eigenvalue weighted by Gasteiger charge is 2.30. The van der Waals surface area contributed by atoms with E-state index in [2.05, 4.69) is 0 Å². The van der Waals surface area contributed by atoms with Crippen LogP contribution in [0.5, 0.6) is 5.75 Å². The molecule has 1 N–H and O–H groups in total. The Balaban J connectivity index is 2.43. The lowest BCUT2D eigenvalue weighted by molar-refractivity contribution is 0.0697. The van der Waals surface area contributed by atoms with E-state index in [0.29, 0.717) is 11.4 Å². The second-order valence-corrected chi connectivity index (χ2v) is 7.07. The predicted octanol–water partition coefficient (Wildman–Crippen LogP) is 1.02. The third kappa shape index (κ3) is 2.87. The van der Waals surface area contributed by atoms with Crippen LogP contribution in [0.4, 0.5) is 5.69 Å². The smallest absolute Gasteiger partial charge is 0.337 e. The van der Waals surface area contributed by atoms with Gasteiger partial charge in [0.25, 0.3) is 0 Å². The van der Waals surface area contributed by atoms with Gasteiger partial charge >= 0.3 is 5.97 Å². The van der Waals surface area contributed by atoms with Crippen LogP contribution in [0.15, 0.2) is 18.2 Å². The first-order valence-electron chi connectivity index (χ1n) is 6.22. The number of carboxylic acids is 1. The topological polar surface area (TPSA) is 83.9 Å². The molecule has 0 radical (unpaired) electrons. The SMILES string of the molecule is COc1ccc(C(=O)O)c(N2CCS(=O)(=O)CC2C)c1. The number of methoxy groups -OCH3 is 1. The van der Waals surface area contributed by atoms with Gasteiger partial charge in [-0.1, -0.05) is 0 Å². The molecular weight excluding hydrogens is 282 g/mol. The molecular formula is C13H17NO5S. The van der Waals surface area contributed by atoms with Gasteiger partial charge < -0.3 is 14.7 Å². The number of hydrogen-bond donors (Lipinski definition) is 1. The Morgan fingerprint density at radius 2 is 2.15 bits per heavy atom. The average molecular weight is 299 g/mol. The van der Waals surface area contributed by atoms with E-state index in [1.165, 1.54) is 13.2 Å². The first-order valence-corrected chi connectivity index (χ1v) is 8.04. The minimum Gasteiger partial charge on any atom is -0.497 e. The van der Waals surface area contributed by atoms with Gasteiger partial charge in [-0.05, 0) is 19.1 Å². The lowest BCUT2D eigenvalue weighted by Crippen LogP contribution is -2.47. The molecule has 1 fully saturated rings. The van der Waals surface area contributed by atoms with Crippen molar-refractivity contribution in [3.63, 3.8) is 0 Å². The summed E-state index contributed by atoms with van der Waals surface area (Å²) in [5.41, 5.74) is 0.649. The molecule has 1 aliphatic rings. The third-order valence-electron chi connectivity index (χ3n) is 3.42. The number of carbonyl (C=O) groups is 1. The van der Waals surface area contributed by atoms with Crippen LogP contribution < -0.4 is 9.64 Å². The highest BCUT2D eigenvalue weighted by atomic mass is 32.2. The molecule has 0 aliphatic carbocycles. The molecule has 1 heterocycles. The van der Waals surface area contributed by atoms with Crippen molar-refractivity contribution in [1.82, 2.24) is 0 Å². The second-order valence-electron chi connectivity index (χ2n) is 4.85. The summed E-state index contributed by atoms with van der Waals surface area (Å²) in [7, 11) is -1.54. The Morgan fingerprint density at radius 3 is 2.70 bits per heavy atom. The Labute approximate surface area is 117 Å². The second kappa shape index (κ2) is 5.32. The molecule has 0 bridgehead atoms. The van der Waals surface area contributed by atoms with E-state index < -0.39 is 15.8 Å². The molecule has 2 rings (SSSR count). The Bertz CT molecular complexity index is 626. The van der Waals surface area contributed by atoms with Gasteiger partial charge in [-0.3, -0.25) is 0 Å².